The molecule has 0 aromatic heterocycles. The van der Waals surface area contributed by atoms with Gasteiger partial charge in [-0.1, -0.05) is 30.3 Å². The summed E-state index contributed by atoms with van der Waals surface area (Å²) in [5.74, 6) is 1.95. The third kappa shape index (κ3) is 6.23. The molecule has 126 valence electrons. The Balaban J connectivity index is 1.74. The van der Waals surface area contributed by atoms with Crippen molar-refractivity contribution in [2.75, 3.05) is 31.1 Å². The van der Waals surface area contributed by atoms with E-state index in [9.17, 15) is 9.59 Å². The van der Waals surface area contributed by atoms with Crippen molar-refractivity contribution in [1.29, 1.82) is 0 Å². The molecule has 0 spiro atoms. The largest absolute Gasteiger partial charge is 0.347 e. The van der Waals surface area contributed by atoms with Crippen molar-refractivity contribution in [1.82, 2.24) is 15.5 Å². The van der Waals surface area contributed by atoms with Gasteiger partial charge in [0.1, 0.15) is 0 Å². The second kappa shape index (κ2) is 9.57. The molecule has 1 heterocycles. The lowest BCUT2D eigenvalue weighted by molar-refractivity contribution is -0.133. The van der Waals surface area contributed by atoms with Crippen LogP contribution in [0.15, 0.2) is 30.3 Å². The maximum Gasteiger partial charge on any atom is 0.242 e. The fourth-order valence-electron chi connectivity index (χ4n) is 2.51. The number of hydrogen-bond acceptors (Lipinski definition) is 4. The molecule has 6 heteroatoms. The molecular formula is C17H25N3O2S. The molecule has 1 aliphatic heterocycles. The Bertz CT molecular complexity index is 504. The zero-order valence-corrected chi connectivity index (χ0v) is 14.4. The molecule has 1 unspecified atom stereocenters. The first-order valence-electron chi connectivity index (χ1n) is 8.08. The summed E-state index contributed by atoms with van der Waals surface area (Å²) >= 11 is 1.86. The summed E-state index contributed by atoms with van der Waals surface area (Å²) in [5.41, 5.74) is 1.09. The highest BCUT2D eigenvalue weighted by Gasteiger charge is 2.18. The smallest absolute Gasteiger partial charge is 0.242 e. The van der Waals surface area contributed by atoms with Crippen molar-refractivity contribution < 1.29 is 9.59 Å². The highest BCUT2D eigenvalue weighted by molar-refractivity contribution is 7.99. The highest BCUT2D eigenvalue weighted by atomic mass is 32.2. The van der Waals surface area contributed by atoms with Crippen LogP contribution in [0.4, 0.5) is 0 Å². The molecule has 5 nitrogen and oxygen atoms in total. The van der Waals surface area contributed by atoms with Crippen LogP contribution in [0, 0.1) is 0 Å². The molecule has 1 atom stereocenters. The Morgan fingerprint density at radius 2 is 2.13 bits per heavy atom. The first kappa shape index (κ1) is 17.8. The molecule has 1 saturated heterocycles. The maximum atomic E-state index is 12.3. The summed E-state index contributed by atoms with van der Waals surface area (Å²) in [7, 11) is 0. The fourth-order valence-corrected chi connectivity index (χ4v) is 3.46. The molecule has 2 N–H and O–H groups in total. The molecule has 1 aromatic carbocycles. The standard InChI is InChI=1S/C17H25N3O2S/c1-2-20(12-14-6-4-3-5-7-14)17(22)11-19-16(21)10-15-13-23-9-8-18-15/h3-7,15,18H,2,8-13H2,1H3,(H,19,21). The van der Waals surface area contributed by atoms with E-state index < -0.39 is 0 Å². The predicted molar refractivity (Wildman–Crippen MR) is 94.3 cm³/mol. The van der Waals surface area contributed by atoms with Gasteiger partial charge in [0, 0.05) is 43.6 Å². The third-order valence-corrected chi connectivity index (χ3v) is 4.95. The minimum absolute atomic E-state index is 0.0457. The third-order valence-electron chi connectivity index (χ3n) is 3.82. The minimum atomic E-state index is -0.0610. The van der Waals surface area contributed by atoms with Crippen molar-refractivity contribution in [2.45, 2.75) is 25.9 Å². The second-order valence-electron chi connectivity index (χ2n) is 5.60. The van der Waals surface area contributed by atoms with E-state index in [0.29, 0.717) is 19.5 Å². The summed E-state index contributed by atoms with van der Waals surface area (Å²) in [6, 6.07) is 10.1. The average Bonchev–Trinajstić information content (AvgIpc) is 2.59. The van der Waals surface area contributed by atoms with Gasteiger partial charge in [-0.3, -0.25) is 9.59 Å². The molecule has 0 radical (unpaired) electrons. The van der Waals surface area contributed by atoms with Crippen molar-refractivity contribution in [3.63, 3.8) is 0 Å². The van der Waals surface area contributed by atoms with Gasteiger partial charge in [0.25, 0.3) is 0 Å². The van der Waals surface area contributed by atoms with Crippen molar-refractivity contribution in [2.24, 2.45) is 0 Å². The maximum absolute atomic E-state index is 12.3. The quantitative estimate of drug-likeness (QED) is 0.787. The van der Waals surface area contributed by atoms with E-state index in [1.54, 1.807) is 4.90 Å². The molecule has 1 aliphatic rings. The van der Waals surface area contributed by atoms with Gasteiger partial charge in [-0.25, -0.2) is 0 Å². The van der Waals surface area contributed by atoms with E-state index in [1.807, 2.05) is 49.0 Å². The van der Waals surface area contributed by atoms with E-state index in [0.717, 1.165) is 23.6 Å². The number of nitrogens with one attached hydrogen (secondary N) is 2. The number of rotatable bonds is 7. The second-order valence-corrected chi connectivity index (χ2v) is 6.75. The molecular weight excluding hydrogens is 310 g/mol. The first-order valence-corrected chi connectivity index (χ1v) is 9.24. The topological polar surface area (TPSA) is 61.4 Å². The Labute approximate surface area is 142 Å². The van der Waals surface area contributed by atoms with Crippen LogP contribution in [0.3, 0.4) is 0 Å². The lowest BCUT2D eigenvalue weighted by Crippen LogP contribution is -2.44. The predicted octanol–water partition coefficient (Wildman–Crippen LogP) is 1.25. The number of amides is 2. The molecule has 1 fully saturated rings. The van der Waals surface area contributed by atoms with Crippen LogP contribution in [0.25, 0.3) is 0 Å². The Morgan fingerprint density at radius 1 is 1.35 bits per heavy atom. The number of hydrogen-bond donors (Lipinski definition) is 2. The van der Waals surface area contributed by atoms with Crippen LogP contribution in [-0.2, 0) is 16.1 Å². The zero-order valence-electron chi connectivity index (χ0n) is 13.6. The van der Waals surface area contributed by atoms with Crippen molar-refractivity contribution in [3.05, 3.63) is 35.9 Å². The van der Waals surface area contributed by atoms with E-state index in [4.69, 9.17) is 0 Å². The molecule has 23 heavy (non-hydrogen) atoms. The van der Waals surface area contributed by atoms with Crippen molar-refractivity contribution in [3.8, 4) is 0 Å². The van der Waals surface area contributed by atoms with Gasteiger partial charge in [0.15, 0.2) is 0 Å². The fraction of sp³-hybridized carbons (Fsp3) is 0.529. The number of likely N-dealkylation sites (N-methyl/N-ethyl adjacent to an activating group) is 1. The SMILES string of the molecule is CCN(Cc1ccccc1)C(=O)CNC(=O)CC1CSCCN1. The van der Waals surface area contributed by atoms with E-state index >= 15 is 0 Å². The normalized spacial score (nSPS) is 17.5. The van der Waals surface area contributed by atoms with E-state index in [-0.39, 0.29) is 24.4 Å². The molecule has 0 saturated carbocycles. The van der Waals surface area contributed by atoms with Gasteiger partial charge >= 0.3 is 0 Å². The number of carbonyl (C=O) groups is 2. The van der Waals surface area contributed by atoms with Crippen molar-refractivity contribution >= 4 is 23.6 Å². The first-order chi connectivity index (χ1) is 11.2. The lowest BCUT2D eigenvalue weighted by atomic mass is 10.2. The number of carbonyl (C=O) groups excluding carboxylic acids is 2. The van der Waals surface area contributed by atoms with Crippen LogP contribution in [0.1, 0.15) is 18.9 Å². The van der Waals surface area contributed by atoms with E-state index in [1.165, 1.54) is 0 Å². The van der Waals surface area contributed by atoms with Gasteiger partial charge < -0.3 is 15.5 Å². The van der Waals surface area contributed by atoms with Crippen LogP contribution in [0.2, 0.25) is 0 Å². The molecule has 1 aromatic rings. The summed E-state index contributed by atoms with van der Waals surface area (Å²) < 4.78 is 0. The van der Waals surface area contributed by atoms with Gasteiger partial charge in [-0.2, -0.15) is 11.8 Å². The molecule has 0 bridgehead atoms. The van der Waals surface area contributed by atoms with Crippen LogP contribution < -0.4 is 10.6 Å². The molecule has 2 amide bonds. The van der Waals surface area contributed by atoms with E-state index in [2.05, 4.69) is 10.6 Å². The number of nitrogens with zero attached hydrogens (tertiary/aromatic N) is 1. The Hall–Kier alpha value is -1.53. The average molecular weight is 335 g/mol. The summed E-state index contributed by atoms with van der Waals surface area (Å²) in [5, 5.41) is 6.08. The van der Waals surface area contributed by atoms with Crippen LogP contribution in [0.5, 0.6) is 0 Å². The van der Waals surface area contributed by atoms with Gasteiger partial charge in [-0.05, 0) is 12.5 Å². The minimum Gasteiger partial charge on any atom is -0.347 e. The summed E-state index contributed by atoms with van der Waals surface area (Å²) in [6.07, 6.45) is 0.436. The van der Waals surface area contributed by atoms with Crippen LogP contribution >= 0.6 is 11.8 Å². The lowest BCUT2D eigenvalue weighted by Gasteiger charge is -2.23. The number of thioether (sulfide) groups is 1. The Kier molecular flexibility index (Phi) is 7.42. The summed E-state index contributed by atoms with van der Waals surface area (Å²) in [4.78, 5) is 26.0. The highest BCUT2D eigenvalue weighted by Crippen LogP contribution is 2.10. The summed E-state index contributed by atoms with van der Waals surface area (Å²) in [6.45, 7) is 4.17. The van der Waals surface area contributed by atoms with Gasteiger partial charge in [-0.15, -0.1) is 0 Å². The molecule has 2 rings (SSSR count). The zero-order chi connectivity index (χ0) is 16.5. The van der Waals surface area contributed by atoms with Gasteiger partial charge in [0.2, 0.25) is 11.8 Å². The number of benzene rings is 1. The van der Waals surface area contributed by atoms with Gasteiger partial charge in [0.05, 0.1) is 6.54 Å². The molecule has 0 aliphatic carbocycles. The Morgan fingerprint density at radius 3 is 2.78 bits per heavy atom. The monoisotopic (exact) mass is 335 g/mol. The van der Waals surface area contributed by atoms with Crippen LogP contribution in [-0.4, -0.2) is 53.9 Å².